The maximum Gasteiger partial charge on any atom is 0.139 e. The predicted molar refractivity (Wildman–Crippen MR) is 54.5 cm³/mol. The first-order valence-electron chi connectivity index (χ1n) is 4.39. The smallest absolute Gasteiger partial charge is 0.139 e. The number of fused-ring (bicyclic) bond motifs is 1. The highest BCUT2D eigenvalue weighted by Crippen LogP contribution is 2.19. The lowest BCUT2D eigenvalue weighted by Crippen LogP contribution is -1.97. The number of hydrogen-bond acceptors (Lipinski definition) is 2. The van der Waals surface area contributed by atoms with Gasteiger partial charge < -0.3 is 0 Å². The fraction of sp³-hybridized carbons (Fsp3) is 0.200. The maximum atomic E-state index is 12.9. The molecule has 0 aliphatic rings. The van der Waals surface area contributed by atoms with E-state index in [1.807, 2.05) is 0 Å². The molecule has 5 heteroatoms. The zero-order chi connectivity index (χ0) is 11.0. The van der Waals surface area contributed by atoms with Gasteiger partial charge >= 0.3 is 0 Å². The Labute approximate surface area is 90.5 Å². The van der Waals surface area contributed by atoms with Crippen molar-refractivity contribution in [3.8, 4) is 0 Å². The zero-order valence-corrected chi connectivity index (χ0v) is 8.75. The summed E-state index contributed by atoms with van der Waals surface area (Å²) < 4.78 is 14.3. The number of halogens is 2. The number of carbonyl (C=O) groups is 1. The fourth-order valence-electron chi connectivity index (χ4n) is 1.39. The van der Waals surface area contributed by atoms with E-state index in [0.29, 0.717) is 16.5 Å². The minimum atomic E-state index is -0.392. The molecule has 15 heavy (non-hydrogen) atoms. The second-order valence-corrected chi connectivity index (χ2v) is 3.66. The lowest BCUT2D eigenvalue weighted by molar-refractivity contribution is -0.116. The monoisotopic (exact) mass is 226 g/mol. The standard InChI is InChI=1S/C10H8ClFN2O/c1-6(15)4-8-10(11)14-5-7(12)2-3-9(14)13-8/h2-3,5H,4H2,1H3. The van der Waals surface area contributed by atoms with Crippen LogP contribution >= 0.6 is 11.6 Å². The molecule has 2 aromatic rings. The average Bonchev–Trinajstić information content (AvgIpc) is 2.44. The number of hydrogen-bond donors (Lipinski definition) is 0. The second kappa shape index (κ2) is 3.62. The van der Waals surface area contributed by atoms with Crippen LogP contribution in [0.2, 0.25) is 5.15 Å². The Bertz CT molecular complexity index is 535. The van der Waals surface area contributed by atoms with Crippen molar-refractivity contribution in [2.45, 2.75) is 13.3 Å². The van der Waals surface area contributed by atoms with Gasteiger partial charge in [0.1, 0.15) is 22.4 Å². The number of ketones is 1. The first-order chi connectivity index (χ1) is 7.08. The number of rotatable bonds is 2. The van der Waals surface area contributed by atoms with Gasteiger partial charge in [-0.2, -0.15) is 0 Å². The minimum Gasteiger partial charge on any atom is -0.300 e. The lowest BCUT2D eigenvalue weighted by Gasteiger charge is -1.94. The Morgan fingerprint density at radius 1 is 1.60 bits per heavy atom. The molecular weight excluding hydrogens is 219 g/mol. The molecule has 0 amide bonds. The Kier molecular flexibility index (Phi) is 2.44. The van der Waals surface area contributed by atoms with Gasteiger partial charge in [-0.05, 0) is 19.1 Å². The number of imidazole rings is 1. The van der Waals surface area contributed by atoms with Crippen molar-refractivity contribution in [2.75, 3.05) is 0 Å². The molecule has 0 N–H and O–H groups in total. The summed E-state index contributed by atoms with van der Waals surface area (Å²) in [4.78, 5) is 15.1. The van der Waals surface area contributed by atoms with Gasteiger partial charge in [-0.15, -0.1) is 0 Å². The van der Waals surface area contributed by atoms with Crippen LogP contribution in [0, 0.1) is 5.82 Å². The van der Waals surface area contributed by atoms with Gasteiger partial charge in [-0.1, -0.05) is 11.6 Å². The average molecular weight is 227 g/mol. The van der Waals surface area contributed by atoms with E-state index in [4.69, 9.17) is 11.6 Å². The Hall–Kier alpha value is -1.42. The van der Waals surface area contributed by atoms with E-state index in [2.05, 4.69) is 4.98 Å². The summed E-state index contributed by atoms with van der Waals surface area (Å²) in [6.45, 7) is 1.46. The number of aromatic nitrogens is 2. The van der Waals surface area contributed by atoms with Crippen LogP contribution in [0.15, 0.2) is 18.3 Å². The van der Waals surface area contributed by atoms with E-state index in [1.54, 1.807) is 0 Å². The third-order valence-corrected chi connectivity index (χ3v) is 2.41. The van der Waals surface area contributed by atoms with Gasteiger partial charge in [0.2, 0.25) is 0 Å². The van der Waals surface area contributed by atoms with Crippen LogP contribution in [-0.4, -0.2) is 15.2 Å². The van der Waals surface area contributed by atoms with E-state index in [9.17, 15) is 9.18 Å². The summed E-state index contributed by atoms with van der Waals surface area (Å²) in [6.07, 6.45) is 1.41. The summed E-state index contributed by atoms with van der Waals surface area (Å²) >= 11 is 5.95. The number of carbonyl (C=O) groups excluding carboxylic acids is 1. The molecule has 0 bridgehead atoms. The van der Waals surface area contributed by atoms with Crippen LogP contribution in [-0.2, 0) is 11.2 Å². The zero-order valence-electron chi connectivity index (χ0n) is 8.00. The third-order valence-electron chi connectivity index (χ3n) is 2.01. The highest BCUT2D eigenvalue weighted by atomic mass is 35.5. The normalized spacial score (nSPS) is 10.9. The molecule has 0 fully saturated rings. The van der Waals surface area contributed by atoms with Crippen LogP contribution in [0.25, 0.3) is 5.65 Å². The maximum absolute atomic E-state index is 12.9. The van der Waals surface area contributed by atoms with Crippen LogP contribution < -0.4 is 0 Å². The third kappa shape index (κ3) is 1.85. The predicted octanol–water partition coefficient (Wildman–Crippen LogP) is 2.26. The first kappa shape index (κ1) is 10.1. The van der Waals surface area contributed by atoms with E-state index in [0.717, 1.165) is 0 Å². The van der Waals surface area contributed by atoms with Crippen molar-refractivity contribution < 1.29 is 9.18 Å². The van der Waals surface area contributed by atoms with Gasteiger partial charge in [0.15, 0.2) is 0 Å². The summed E-state index contributed by atoms with van der Waals surface area (Å²) in [6, 6.07) is 2.82. The van der Waals surface area contributed by atoms with Crippen molar-refractivity contribution in [1.29, 1.82) is 0 Å². The molecule has 2 rings (SSSR count). The van der Waals surface area contributed by atoms with Crippen molar-refractivity contribution in [3.05, 3.63) is 35.0 Å². The minimum absolute atomic E-state index is 0.0271. The largest absolute Gasteiger partial charge is 0.300 e. The van der Waals surface area contributed by atoms with Gasteiger partial charge in [0.25, 0.3) is 0 Å². The summed E-state index contributed by atoms with van der Waals surface area (Å²) in [7, 11) is 0. The molecule has 3 nitrogen and oxygen atoms in total. The molecule has 0 saturated carbocycles. The van der Waals surface area contributed by atoms with Crippen LogP contribution in [0.4, 0.5) is 4.39 Å². The van der Waals surface area contributed by atoms with Crippen LogP contribution in [0.3, 0.4) is 0 Å². The molecule has 2 heterocycles. The molecular formula is C10H8ClFN2O. The summed E-state index contributed by atoms with van der Waals surface area (Å²) in [5.74, 6) is -0.419. The highest BCUT2D eigenvalue weighted by Gasteiger charge is 2.11. The van der Waals surface area contributed by atoms with Crippen molar-refractivity contribution in [1.82, 2.24) is 9.38 Å². The Balaban J connectivity index is 2.59. The molecule has 0 unspecified atom stereocenters. The van der Waals surface area contributed by atoms with E-state index >= 15 is 0 Å². The molecule has 2 aromatic heterocycles. The number of pyridine rings is 1. The van der Waals surface area contributed by atoms with E-state index < -0.39 is 5.82 Å². The van der Waals surface area contributed by atoms with Crippen LogP contribution in [0.1, 0.15) is 12.6 Å². The number of Topliss-reactive ketones (excluding diaryl/α,β-unsaturated/α-hetero) is 1. The lowest BCUT2D eigenvalue weighted by atomic mass is 10.2. The molecule has 0 atom stereocenters. The first-order valence-corrected chi connectivity index (χ1v) is 4.77. The summed E-state index contributed by atoms with van der Waals surface area (Å²) in [5, 5.41) is 0.291. The quantitative estimate of drug-likeness (QED) is 0.787. The molecule has 0 radical (unpaired) electrons. The highest BCUT2D eigenvalue weighted by molar-refractivity contribution is 6.30. The van der Waals surface area contributed by atoms with Crippen molar-refractivity contribution in [2.24, 2.45) is 0 Å². The van der Waals surface area contributed by atoms with Gasteiger partial charge in [-0.25, -0.2) is 9.37 Å². The van der Waals surface area contributed by atoms with Gasteiger partial charge in [0.05, 0.1) is 12.1 Å². The SMILES string of the molecule is CC(=O)Cc1nc2ccc(F)cn2c1Cl. The molecule has 78 valence electrons. The molecule has 0 spiro atoms. The van der Waals surface area contributed by atoms with E-state index in [1.165, 1.54) is 29.7 Å². The second-order valence-electron chi connectivity index (χ2n) is 3.30. The molecule has 0 aromatic carbocycles. The van der Waals surface area contributed by atoms with Crippen molar-refractivity contribution in [3.63, 3.8) is 0 Å². The van der Waals surface area contributed by atoms with E-state index in [-0.39, 0.29) is 12.2 Å². The fourth-order valence-corrected chi connectivity index (χ4v) is 1.63. The summed E-state index contributed by atoms with van der Waals surface area (Å²) in [5.41, 5.74) is 1.02. The van der Waals surface area contributed by atoms with Crippen LogP contribution in [0.5, 0.6) is 0 Å². The van der Waals surface area contributed by atoms with Gasteiger partial charge in [-0.3, -0.25) is 9.20 Å². The Morgan fingerprint density at radius 2 is 2.33 bits per heavy atom. The molecule has 0 aliphatic carbocycles. The molecule has 0 aliphatic heterocycles. The Morgan fingerprint density at radius 3 is 3.00 bits per heavy atom. The molecule has 0 saturated heterocycles. The number of nitrogens with zero attached hydrogens (tertiary/aromatic N) is 2. The van der Waals surface area contributed by atoms with Gasteiger partial charge in [0, 0.05) is 6.20 Å². The van der Waals surface area contributed by atoms with Crippen molar-refractivity contribution >= 4 is 23.0 Å². The topological polar surface area (TPSA) is 34.4 Å².